The Balaban J connectivity index is 2.65. The van der Waals surface area contributed by atoms with E-state index in [0.29, 0.717) is 5.56 Å². The monoisotopic (exact) mass is 166 g/mol. The van der Waals surface area contributed by atoms with Gasteiger partial charge in [0.1, 0.15) is 0 Å². The molecule has 3 heteroatoms. The Labute approximate surface area is 68.2 Å². The molecule has 1 aromatic carbocycles. The van der Waals surface area contributed by atoms with Gasteiger partial charge in [-0.25, -0.2) is 4.79 Å². The molecule has 0 amide bonds. The molecule has 11 heavy (non-hydrogen) atoms. The number of hydrogen-bond donors (Lipinski definition) is 1. The molecule has 2 bridgehead atoms. The summed E-state index contributed by atoms with van der Waals surface area (Å²) in [6.07, 6.45) is 0. The highest BCUT2D eigenvalue weighted by Gasteiger charge is 2.20. The lowest BCUT2D eigenvalue weighted by atomic mass is 10.1. The van der Waals surface area contributed by atoms with Gasteiger partial charge in [-0.3, -0.25) is 0 Å². The number of carboxylic acids is 1. The van der Waals surface area contributed by atoms with Gasteiger partial charge >= 0.3 is 5.97 Å². The third-order valence-corrected chi connectivity index (χ3v) is 2.82. The van der Waals surface area contributed by atoms with Crippen LogP contribution >= 0.6 is 11.8 Å². The highest BCUT2D eigenvalue weighted by Crippen LogP contribution is 2.36. The fourth-order valence-electron chi connectivity index (χ4n) is 1.22. The molecule has 0 aromatic heterocycles. The van der Waals surface area contributed by atoms with Crippen molar-refractivity contribution < 1.29 is 9.90 Å². The molecule has 0 saturated carbocycles. The predicted octanol–water partition coefficient (Wildman–Crippen LogP) is 1.99. The van der Waals surface area contributed by atoms with Gasteiger partial charge < -0.3 is 5.11 Å². The lowest BCUT2D eigenvalue weighted by Gasteiger charge is -1.95. The van der Waals surface area contributed by atoms with Crippen LogP contribution in [0.1, 0.15) is 15.9 Å². The number of carboxylic acid groups (broad SMARTS) is 1. The Kier molecular flexibility index (Phi) is 1.39. The molecule has 0 atom stereocenters. The molecule has 2 rings (SSSR count). The third kappa shape index (κ3) is 0.922. The van der Waals surface area contributed by atoms with Crippen molar-refractivity contribution in [2.24, 2.45) is 0 Å². The number of thioether (sulfide) groups is 1. The van der Waals surface area contributed by atoms with Gasteiger partial charge in [0.05, 0.1) is 5.56 Å². The summed E-state index contributed by atoms with van der Waals surface area (Å²) >= 11 is 1.59. The Morgan fingerprint density at radius 1 is 1.55 bits per heavy atom. The van der Waals surface area contributed by atoms with Crippen LogP contribution in [0.25, 0.3) is 0 Å². The van der Waals surface area contributed by atoms with E-state index in [9.17, 15) is 4.79 Å². The molecule has 0 saturated heterocycles. The van der Waals surface area contributed by atoms with E-state index in [4.69, 9.17) is 5.11 Å². The summed E-state index contributed by atoms with van der Waals surface area (Å²) in [6, 6.07) is 5.62. The Bertz CT molecular complexity index is 298. The number of hydrogen-bond acceptors (Lipinski definition) is 2. The molecule has 1 N–H and O–H groups in total. The second-order valence-corrected chi connectivity index (χ2v) is 3.40. The minimum atomic E-state index is -0.805. The van der Waals surface area contributed by atoms with Crippen LogP contribution < -0.4 is 0 Å². The summed E-state index contributed by atoms with van der Waals surface area (Å²) in [6.45, 7) is 0. The van der Waals surface area contributed by atoms with Crippen molar-refractivity contribution in [1.29, 1.82) is 0 Å². The zero-order valence-electron chi connectivity index (χ0n) is 5.70. The van der Waals surface area contributed by atoms with E-state index in [2.05, 4.69) is 0 Å². The Morgan fingerprint density at radius 2 is 2.36 bits per heavy atom. The number of fused-ring (bicyclic) bond motifs is 2. The van der Waals surface area contributed by atoms with E-state index < -0.39 is 5.97 Å². The molecule has 0 radical (unpaired) electrons. The molecule has 1 heterocycles. The molecule has 1 aromatic rings. The number of rotatable bonds is 1. The molecule has 0 fully saturated rings. The third-order valence-electron chi connectivity index (χ3n) is 1.71. The molecular weight excluding hydrogens is 160 g/mol. The van der Waals surface area contributed by atoms with Crippen LogP contribution in [0.3, 0.4) is 0 Å². The molecule has 0 aliphatic carbocycles. The molecule has 2 nitrogen and oxygen atoms in total. The van der Waals surface area contributed by atoms with Crippen LogP contribution in [0.15, 0.2) is 23.1 Å². The predicted molar refractivity (Wildman–Crippen MR) is 43.0 cm³/mol. The van der Waals surface area contributed by atoms with E-state index in [1.165, 1.54) is 0 Å². The summed E-state index contributed by atoms with van der Waals surface area (Å²) in [4.78, 5) is 11.6. The summed E-state index contributed by atoms with van der Waals surface area (Å²) in [5.41, 5.74) is 1.44. The maximum Gasteiger partial charge on any atom is 0.337 e. The minimum absolute atomic E-state index is 0.498. The number of aromatic carboxylic acids is 1. The van der Waals surface area contributed by atoms with Gasteiger partial charge in [-0.2, -0.15) is 0 Å². The van der Waals surface area contributed by atoms with E-state index >= 15 is 0 Å². The summed E-state index contributed by atoms with van der Waals surface area (Å²) < 4.78 is 0. The number of carbonyl (C=O) groups is 1. The van der Waals surface area contributed by atoms with Crippen molar-refractivity contribution in [2.45, 2.75) is 10.6 Å². The molecule has 0 spiro atoms. The Morgan fingerprint density at radius 3 is 2.91 bits per heavy atom. The zero-order chi connectivity index (χ0) is 7.84. The molecule has 0 unspecified atom stereocenters. The quantitative estimate of drug-likeness (QED) is 0.693. The van der Waals surface area contributed by atoms with Gasteiger partial charge in [-0.1, -0.05) is 12.1 Å². The minimum Gasteiger partial charge on any atom is -0.478 e. The first-order valence-corrected chi connectivity index (χ1v) is 4.25. The van der Waals surface area contributed by atoms with Crippen molar-refractivity contribution in [2.75, 3.05) is 0 Å². The normalized spacial score (nSPS) is 13.5. The van der Waals surface area contributed by atoms with Gasteiger partial charge in [0, 0.05) is 10.6 Å². The van der Waals surface area contributed by atoms with Crippen molar-refractivity contribution in [1.82, 2.24) is 0 Å². The van der Waals surface area contributed by atoms with Crippen LogP contribution in [0.5, 0.6) is 0 Å². The van der Waals surface area contributed by atoms with E-state index in [1.54, 1.807) is 11.8 Å². The van der Waals surface area contributed by atoms with E-state index in [-0.39, 0.29) is 0 Å². The van der Waals surface area contributed by atoms with Gasteiger partial charge in [0.2, 0.25) is 0 Å². The second kappa shape index (κ2) is 2.27. The fourth-order valence-corrected chi connectivity index (χ4v) is 2.30. The van der Waals surface area contributed by atoms with Crippen LogP contribution in [0, 0.1) is 0 Å². The van der Waals surface area contributed by atoms with Gasteiger partial charge in [-0.15, -0.1) is 11.8 Å². The second-order valence-electron chi connectivity index (χ2n) is 2.38. The maximum atomic E-state index is 10.7. The smallest absolute Gasteiger partial charge is 0.337 e. The van der Waals surface area contributed by atoms with E-state index in [0.717, 1.165) is 16.2 Å². The standard InChI is InChI=1S/C8H6O2S/c9-8(10)7-5-2-1-3-6(7)11-4-5/h1-3H,4H2,(H,9,10). The fraction of sp³-hybridized carbons (Fsp3) is 0.125. The first kappa shape index (κ1) is 6.73. The maximum absolute atomic E-state index is 10.7. The molecule has 56 valence electrons. The average Bonchev–Trinajstić information content (AvgIpc) is 2.23. The summed E-state index contributed by atoms with van der Waals surface area (Å²) in [5, 5.41) is 8.77. The van der Waals surface area contributed by atoms with Crippen LogP contribution in [-0.4, -0.2) is 11.1 Å². The van der Waals surface area contributed by atoms with Crippen LogP contribution in [0.2, 0.25) is 0 Å². The highest BCUT2D eigenvalue weighted by atomic mass is 32.2. The van der Waals surface area contributed by atoms with Crippen LogP contribution in [-0.2, 0) is 5.75 Å². The molecular formula is C8H6O2S. The van der Waals surface area contributed by atoms with Crippen molar-refractivity contribution in [3.05, 3.63) is 29.3 Å². The summed E-state index contributed by atoms with van der Waals surface area (Å²) in [7, 11) is 0. The SMILES string of the molecule is O=C(O)c1c2cccc1SC2. The van der Waals surface area contributed by atoms with Crippen LogP contribution in [0.4, 0.5) is 0 Å². The lowest BCUT2D eigenvalue weighted by Crippen LogP contribution is -1.98. The molecule has 1 aliphatic rings. The first-order chi connectivity index (χ1) is 5.29. The highest BCUT2D eigenvalue weighted by molar-refractivity contribution is 7.99. The topological polar surface area (TPSA) is 37.3 Å². The summed E-state index contributed by atoms with van der Waals surface area (Å²) in [5.74, 6) is 0.00449. The average molecular weight is 166 g/mol. The van der Waals surface area contributed by atoms with Gasteiger partial charge in [0.15, 0.2) is 0 Å². The van der Waals surface area contributed by atoms with Gasteiger partial charge in [0.25, 0.3) is 0 Å². The first-order valence-electron chi connectivity index (χ1n) is 3.27. The molecule has 1 aliphatic heterocycles. The lowest BCUT2D eigenvalue weighted by molar-refractivity contribution is 0.0693. The van der Waals surface area contributed by atoms with E-state index in [1.807, 2.05) is 18.2 Å². The van der Waals surface area contributed by atoms with Crippen molar-refractivity contribution in [3.63, 3.8) is 0 Å². The zero-order valence-corrected chi connectivity index (χ0v) is 6.52. The van der Waals surface area contributed by atoms with Crippen molar-refractivity contribution in [3.8, 4) is 0 Å². The Hall–Kier alpha value is -0.960. The van der Waals surface area contributed by atoms with Gasteiger partial charge in [-0.05, 0) is 11.6 Å². The van der Waals surface area contributed by atoms with Crippen molar-refractivity contribution >= 4 is 17.7 Å². The number of benzene rings is 1. The largest absolute Gasteiger partial charge is 0.478 e.